The third-order valence-electron chi connectivity index (χ3n) is 7.27. The van der Waals surface area contributed by atoms with Gasteiger partial charge in [0.25, 0.3) is 0 Å². The maximum Gasteiger partial charge on any atom is 0.0714 e. The molecule has 30 heavy (non-hydrogen) atoms. The second kappa shape index (κ2) is 9.35. The van der Waals surface area contributed by atoms with Gasteiger partial charge in [0, 0.05) is 16.2 Å². The number of benzene rings is 1. The molecule has 1 aliphatic carbocycles. The molecule has 0 bridgehead atoms. The monoisotopic (exact) mass is 412 g/mol. The molecule has 4 heteroatoms. The van der Waals surface area contributed by atoms with Gasteiger partial charge in [0.15, 0.2) is 0 Å². The van der Waals surface area contributed by atoms with Crippen molar-refractivity contribution in [1.82, 2.24) is 0 Å². The zero-order valence-corrected chi connectivity index (χ0v) is 18.5. The van der Waals surface area contributed by atoms with Gasteiger partial charge in [-0.3, -0.25) is 0 Å². The number of hydrogen-bond donors (Lipinski definition) is 0. The Bertz CT molecular complexity index is 735. The van der Waals surface area contributed by atoms with Crippen LogP contribution in [-0.4, -0.2) is 52.9 Å². The maximum absolute atomic E-state index is 6.32. The van der Waals surface area contributed by atoms with Gasteiger partial charge in [-0.1, -0.05) is 62.4 Å². The molecule has 1 unspecified atom stereocenters. The van der Waals surface area contributed by atoms with E-state index in [1.165, 1.54) is 11.1 Å². The van der Waals surface area contributed by atoms with Gasteiger partial charge in [-0.25, -0.2) is 0 Å². The Labute approximate surface area is 181 Å². The van der Waals surface area contributed by atoms with Gasteiger partial charge in [0.2, 0.25) is 0 Å². The lowest BCUT2D eigenvalue weighted by Gasteiger charge is -2.42. The highest BCUT2D eigenvalue weighted by Gasteiger charge is 2.39. The van der Waals surface area contributed by atoms with E-state index in [0.29, 0.717) is 13.2 Å². The van der Waals surface area contributed by atoms with Crippen LogP contribution < -0.4 is 0 Å². The van der Waals surface area contributed by atoms with Gasteiger partial charge < -0.3 is 18.9 Å². The van der Waals surface area contributed by atoms with E-state index >= 15 is 0 Å². The molecule has 0 amide bonds. The molecule has 1 aromatic rings. The molecule has 0 radical (unpaired) electrons. The topological polar surface area (TPSA) is 36.9 Å². The summed E-state index contributed by atoms with van der Waals surface area (Å²) in [5, 5.41) is 0. The van der Waals surface area contributed by atoms with Crippen LogP contribution in [0.4, 0.5) is 0 Å². The molecule has 2 saturated heterocycles. The van der Waals surface area contributed by atoms with Gasteiger partial charge in [-0.05, 0) is 30.4 Å². The molecule has 1 atom stereocenters. The molecule has 4 nitrogen and oxygen atoms in total. The van der Waals surface area contributed by atoms with Crippen LogP contribution in [0.5, 0.6) is 0 Å². The van der Waals surface area contributed by atoms with Gasteiger partial charge in [0.05, 0.1) is 52.9 Å². The smallest absolute Gasteiger partial charge is 0.0714 e. The Morgan fingerprint density at radius 2 is 1.47 bits per heavy atom. The van der Waals surface area contributed by atoms with Crippen molar-refractivity contribution < 1.29 is 18.9 Å². The molecular weight excluding hydrogens is 376 g/mol. The first-order valence-corrected chi connectivity index (χ1v) is 11.4. The fraction of sp³-hybridized carbons (Fsp3) is 0.615. The summed E-state index contributed by atoms with van der Waals surface area (Å²) in [5.74, 6) is 0. The molecule has 2 heterocycles. The average molecular weight is 413 g/mol. The third-order valence-corrected chi connectivity index (χ3v) is 7.27. The minimum absolute atomic E-state index is 0.114. The van der Waals surface area contributed by atoms with Crippen LogP contribution in [0.1, 0.15) is 38.7 Å². The van der Waals surface area contributed by atoms with Crippen LogP contribution in [0.2, 0.25) is 0 Å². The lowest BCUT2D eigenvalue weighted by atomic mass is 9.75. The van der Waals surface area contributed by atoms with Crippen molar-refractivity contribution >= 4 is 0 Å². The van der Waals surface area contributed by atoms with Crippen molar-refractivity contribution in [3.05, 3.63) is 59.7 Å². The fourth-order valence-electron chi connectivity index (χ4n) is 4.39. The van der Waals surface area contributed by atoms with Crippen LogP contribution in [0.3, 0.4) is 0 Å². The van der Waals surface area contributed by atoms with E-state index in [1.807, 2.05) is 0 Å². The van der Waals surface area contributed by atoms with Crippen molar-refractivity contribution in [2.24, 2.45) is 10.8 Å². The summed E-state index contributed by atoms with van der Waals surface area (Å²) in [7, 11) is 0. The van der Waals surface area contributed by atoms with Crippen molar-refractivity contribution in [2.45, 2.75) is 38.5 Å². The SMILES string of the molecule is CCC1(COCC2=CCC(COCC3(CC)COC3)(c3ccccc3)C=C2)COC1. The Kier molecular flexibility index (Phi) is 6.78. The first-order chi connectivity index (χ1) is 14.6. The molecule has 164 valence electrons. The summed E-state index contributed by atoms with van der Waals surface area (Å²) in [5.41, 5.74) is 2.90. The van der Waals surface area contributed by atoms with Crippen molar-refractivity contribution in [1.29, 1.82) is 0 Å². The normalized spacial score (nSPS) is 26.5. The molecule has 3 aliphatic rings. The Hall–Kier alpha value is -1.46. The van der Waals surface area contributed by atoms with E-state index in [1.54, 1.807) is 0 Å². The lowest BCUT2D eigenvalue weighted by Crippen LogP contribution is -2.46. The molecule has 4 rings (SSSR count). The maximum atomic E-state index is 6.32. The predicted octanol–water partition coefficient (Wildman–Crippen LogP) is 4.70. The average Bonchev–Trinajstić information content (AvgIpc) is 2.74. The molecule has 0 N–H and O–H groups in total. The minimum atomic E-state index is -0.114. The zero-order valence-electron chi connectivity index (χ0n) is 18.5. The van der Waals surface area contributed by atoms with Crippen molar-refractivity contribution in [3.63, 3.8) is 0 Å². The highest BCUT2D eigenvalue weighted by molar-refractivity contribution is 5.39. The number of allylic oxidation sites excluding steroid dienone is 1. The lowest BCUT2D eigenvalue weighted by molar-refractivity contribution is -0.152. The van der Waals surface area contributed by atoms with E-state index in [-0.39, 0.29) is 16.2 Å². The van der Waals surface area contributed by atoms with Crippen LogP contribution in [0.15, 0.2) is 54.1 Å². The summed E-state index contributed by atoms with van der Waals surface area (Å²) in [6, 6.07) is 10.7. The molecule has 0 aromatic heterocycles. The Morgan fingerprint density at radius 3 is 1.97 bits per heavy atom. The van der Waals surface area contributed by atoms with E-state index < -0.39 is 0 Å². The summed E-state index contributed by atoms with van der Waals surface area (Å²) in [6.45, 7) is 10.7. The molecule has 0 saturated carbocycles. The Balaban J connectivity index is 1.36. The highest BCUT2D eigenvalue weighted by atomic mass is 16.5. The van der Waals surface area contributed by atoms with E-state index in [0.717, 1.165) is 58.9 Å². The Morgan fingerprint density at radius 1 is 0.833 bits per heavy atom. The van der Waals surface area contributed by atoms with Crippen LogP contribution in [0, 0.1) is 10.8 Å². The van der Waals surface area contributed by atoms with E-state index in [9.17, 15) is 0 Å². The van der Waals surface area contributed by atoms with Gasteiger partial charge in [-0.2, -0.15) is 0 Å². The van der Waals surface area contributed by atoms with Crippen LogP contribution >= 0.6 is 0 Å². The standard InChI is InChI=1S/C26H36O4/c1-3-24(16-28-17-24)15-27-14-22-10-12-26(13-11-22,23-8-6-5-7-9-23)21-30-20-25(4-2)18-29-19-25/h5-12H,3-4,13-21H2,1-2H3. The molecular formula is C26H36O4. The number of hydrogen-bond acceptors (Lipinski definition) is 4. The van der Waals surface area contributed by atoms with E-state index in [2.05, 4.69) is 62.4 Å². The van der Waals surface area contributed by atoms with Gasteiger partial charge in [0.1, 0.15) is 0 Å². The fourth-order valence-corrected chi connectivity index (χ4v) is 4.39. The molecule has 1 aromatic carbocycles. The first kappa shape index (κ1) is 21.8. The van der Waals surface area contributed by atoms with Gasteiger partial charge in [-0.15, -0.1) is 0 Å². The quantitative estimate of drug-likeness (QED) is 0.528. The van der Waals surface area contributed by atoms with E-state index in [4.69, 9.17) is 18.9 Å². The van der Waals surface area contributed by atoms with Crippen LogP contribution in [-0.2, 0) is 24.4 Å². The number of rotatable bonds is 11. The number of ether oxygens (including phenoxy) is 4. The second-order valence-corrected chi connectivity index (χ2v) is 9.52. The summed E-state index contributed by atoms with van der Waals surface area (Å²) >= 11 is 0. The molecule has 2 fully saturated rings. The largest absolute Gasteiger partial charge is 0.380 e. The molecule has 2 aliphatic heterocycles. The third kappa shape index (κ3) is 4.57. The zero-order chi connectivity index (χ0) is 20.9. The van der Waals surface area contributed by atoms with Gasteiger partial charge >= 0.3 is 0 Å². The first-order valence-electron chi connectivity index (χ1n) is 11.4. The molecule has 0 spiro atoms. The summed E-state index contributed by atoms with van der Waals surface area (Å²) in [6.07, 6.45) is 10.0. The second-order valence-electron chi connectivity index (χ2n) is 9.52. The predicted molar refractivity (Wildman–Crippen MR) is 119 cm³/mol. The highest BCUT2D eigenvalue weighted by Crippen LogP contribution is 2.37. The van der Waals surface area contributed by atoms with Crippen molar-refractivity contribution in [2.75, 3.05) is 52.9 Å². The van der Waals surface area contributed by atoms with Crippen LogP contribution in [0.25, 0.3) is 0 Å². The summed E-state index contributed by atoms with van der Waals surface area (Å²) in [4.78, 5) is 0. The minimum Gasteiger partial charge on any atom is -0.380 e. The summed E-state index contributed by atoms with van der Waals surface area (Å²) < 4.78 is 23.2. The van der Waals surface area contributed by atoms with Crippen molar-refractivity contribution in [3.8, 4) is 0 Å².